The first-order valence-corrected chi connectivity index (χ1v) is 8.22. The fraction of sp³-hybridized carbons (Fsp3) is 0.300. The number of halogens is 1. The molecule has 2 rings (SSSR count). The van der Waals surface area contributed by atoms with Crippen LogP contribution >= 0.6 is 0 Å². The fourth-order valence-corrected chi connectivity index (χ4v) is 2.51. The molecule has 0 aliphatic carbocycles. The first-order chi connectivity index (χ1) is 12.2. The molecule has 6 heteroatoms. The van der Waals surface area contributed by atoms with E-state index in [-0.39, 0.29) is 12.2 Å². The molecule has 0 aliphatic heterocycles. The molecule has 2 aromatic rings. The Morgan fingerprint density at radius 3 is 2.46 bits per heavy atom. The van der Waals surface area contributed by atoms with Gasteiger partial charge >= 0.3 is 12.1 Å². The highest BCUT2D eigenvalue weighted by molar-refractivity contribution is 5.81. The molecule has 0 aliphatic rings. The number of hydrogen-bond acceptors (Lipinski definition) is 3. The summed E-state index contributed by atoms with van der Waals surface area (Å²) in [6.07, 6.45) is -0.755. The van der Waals surface area contributed by atoms with Crippen molar-refractivity contribution in [3.63, 3.8) is 0 Å². The molecular formula is C20H22FNO4. The van der Waals surface area contributed by atoms with Crippen molar-refractivity contribution in [3.05, 3.63) is 59.9 Å². The zero-order valence-corrected chi connectivity index (χ0v) is 15.0. The van der Waals surface area contributed by atoms with Crippen LogP contribution in [0.1, 0.15) is 26.3 Å². The molecule has 26 heavy (non-hydrogen) atoms. The van der Waals surface area contributed by atoms with E-state index in [1.165, 1.54) is 12.1 Å². The molecule has 0 spiro atoms. The summed E-state index contributed by atoms with van der Waals surface area (Å²) < 4.78 is 18.7. The first-order valence-electron chi connectivity index (χ1n) is 8.22. The lowest BCUT2D eigenvalue weighted by molar-refractivity contribution is -0.139. The molecule has 0 fully saturated rings. The Hall–Kier alpha value is -2.89. The number of aliphatic carboxylic acids is 1. The van der Waals surface area contributed by atoms with Crippen molar-refractivity contribution in [2.75, 3.05) is 0 Å². The number of carboxylic acid groups (broad SMARTS) is 1. The molecule has 0 saturated heterocycles. The predicted octanol–water partition coefficient (Wildman–Crippen LogP) is 4.01. The van der Waals surface area contributed by atoms with Gasteiger partial charge in [0.25, 0.3) is 0 Å². The third-order valence-corrected chi connectivity index (χ3v) is 3.57. The van der Waals surface area contributed by atoms with Crippen LogP contribution in [0.4, 0.5) is 9.18 Å². The third-order valence-electron chi connectivity index (χ3n) is 3.57. The number of alkyl carbamates (subject to hydrolysis) is 1. The van der Waals surface area contributed by atoms with Crippen LogP contribution in [-0.4, -0.2) is 28.8 Å². The van der Waals surface area contributed by atoms with E-state index in [0.717, 1.165) is 0 Å². The summed E-state index contributed by atoms with van der Waals surface area (Å²) in [4.78, 5) is 23.5. The van der Waals surface area contributed by atoms with Gasteiger partial charge in [-0.25, -0.2) is 14.0 Å². The van der Waals surface area contributed by atoms with Gasteiger partial charge < -0.3 is 15.2 Å². The molecule has 1 unspecified atom stereocenters. The van der Waals surface area contributed by atoms with E-state index in [0.29, 0.717) is 16.7 Å². The molecule has 0 radical (unpaired) electrons. The minimum atomic E-state index is -1.18. The van der Waals surface area contributed by atoms with E-state index in [2.05, 4.69) is 5.32 Å². The molecule has 0 heterocycles. The van der Waals surface area contributed by atoms with Gasteiger partial charge in [0.2, 0.25) is 0 Å². The number of amides is 1. The minimum absolute atomic E-state index is 0.0429. The summed E-state index contributed by atoms with van der Waals surface area (Å²) in [6, 6.07) is 12.0. The van der Waals surface area contributed by atoms with Crippen molar-refractivity contribution in [1.82, 2.24) is 5.32 Å². The second-order valence-electron chi connectivity index (χ2n) is 6.91. The number of carbonyl (C=O) groups is 2. The molecule has 0 saturated carbocycles. The second-order valence-corrected chi connectivity index (χ2v) is 6.91. The SMILES string of the molecule is CC(C)(C)OC(=O)NC(Cc1ccccc1-c1cccc(F)c1)C(=O)O. The van der Waals surface area contributed by atoms with Gasteiger partial charge in [0.1, 0.15) is 17.5 Å². The monoisotopic (exact) mass is 359 g/mol. The number of carboxylic acids is 1. The summed E-state index contributed by atoms with van der Waals surface area (Å²) in [5.74, 6) is -1.55. The topological polar surface area (TPSA) is 75.6 Å². The van der Waals surface area contributed by atoms with Gasteiger partial charge in [-0.3, -0.25) is 0 Å². The third kappa shape index (κ3) is 5.58. The van der Waals surface area contributed by atoms with E-state index >= 15 is 0 Å². The number of benzene rings is 2. The van der Waals surface area contributed by atoms with Crippen molar-refractivity contribution in [1.29, 1.82) is 0 Å². The van der Waals surface area contributed by atoms with Crippen LogP contribution in [0.15, 0.2) is 48.5 Å². The van der Waals surface area contributed by atoms with Crippen molar-refractivity contribution in [3.8, 4) is 11.1 Å². The summed E-state index contributed by atoms with van der Waals surface area (Å²) in [5.41, 5.74) is 1.31. The maximum atomic E-state index is 13.5. The van der Waals surface area contributed by atoms with Crippen LogP contribution < -0.4 is 5.32 Å². The highest BCUT2D eigenvalue weighted by atomic mass is 19.1. The standard InChI is InChI=1S/C20H22FNO4/c1-20(2,3)26-19(25)22-17(18(23)24)12-14-7-4-5-10-16(14)13-8-6-9-15(21)11-13/h4-11,17H,12H2,1-3H3,(H,22,25)(H,23,24). The smallest absolute Gasteiger partial charge is 0.408 e. The Morgan fingerprint density at radius 1 is 1.15 bits per heavy atom. The average molecular weight is 359 g/mol. The summed E-state index contributed by atoms with van der Waals surface area (Å²) >= 11 is 0. The van der Waals surface area contributed by atoms with Crippen molar-refractivity contribution in [2.24, 2.45) is 0 Å². The van der Waals surface area contributed by atoms with Gasteiger partial charge in [0.15, 0.2) is 0 Å². The van der Waals surface area contributed by atoms with Gasteiger partial charge in [-0.05, 0) is 49.6 Å². The molecule has 2 N–H and O–H groups in total. The zero-order chi connectivity index (χ0) is 19.3. The van der Waals surface area contributed by atoms with Gasteiger partial charge in [-0.2, -0.15) is 0 Å². The van der Waals surface area contributed by atoms with Crippen molar-refractivity contribution < 1.29 is 23.8 Å². The second kappa shape index (κ2) is 7.99. The summed E-state index contributed by atoms with van der Waals surface area (Å²) in [7, 11) is 0. The number of carbonyl (C=O) groups excluding carboxylic acids is 1. The molecule has 2 aromatic carbocycles. The van der Waals surface area contributed by atoms with E-state index in [1.807, 2.05) is 0 Å². The summed E-state index contributed by atoms with van der Waals surface area (Å²) in [6.45, 7) is 5.09. The van der Waals surface area contributed by atoms with E-state index < -0.39 is 23.7 Å². The van der Waals surface area contributed by atoms with Gasteiger partial charge in [-0.1, -0.05) is 36.4 Å². The molecule has 0 bridgehead atoms. The molecule has 138 valence electrons. The fourth-order valence-electron chi connectivity index (χ4n) is 2.51. The summed E-state index contributed by atoms with van der Waals surface area (Å²) in [5, 5.41) is 11.8. The first kappa shape index (κ1) is 19.4. The molecule has 5 nitrogen and oxygen atoms in total. The number of ether oxygens (including phenoxy) is 1. The number of hydrogen-bond donors (Lipinski definition) is 2. The molecule has 1 amide bonds. The highest BCUT2D eigenvalue weighted by Crippen LogP contribution is 2.25. The Balaban J connectivity index is 2.24. The average Bonchev–Trinajstić information content (AvgIpc) is 2.53. The van der Waals surface area contributed by atoms with Gasteiger partial charge in [0, 0.05) is 6.42 Å². The number of nitrogens with one attached hydrogen (secondary N) is 1. The molecule has 0 aromatic heterocycles. The maximum absolute atomic E-state index is 13.5. The molecular weight excluding hydrogens is 337 g/mol. The Bertz CT molecular complexity index is 798. The van der Waals surface area contributed by atoms with Gasteiger partial charge in [-0.15, -0.1) is 0 Å². The van der Waals surface area contributed by atoms with E-state index in [4.69, 9.17) is 4.74 Å². The normalized spacial score (nSPS) is 12.3. The van der Waals surface area contributed by atoms with Crippen LogP contribution in [-0.2, 0) is 16.0 Å². The lowest BCUT2D eigenvalue weighted by Crippen LogP contribution is -2.44. The quantitative estimate of drug-likeness (QED) is 0.846. The van der Waals surface area contributed by atoms with Crippen molar-refractivity contribution in [2.45, 2.75) is 38.8 Å². The lowest BCUT2D eigenvalue weighted by atomic mass is 9.95. The van der Waals surface area contributed by atoms with E-state index in [1.54, 1.807) is 57.2 Å². The Labute approximate surface area is 151 Å². The van der Waals surface area contributed by atoms with Crippen LogP contribution in [0.5, 0.6) is 0 Å². The highest BCUT2D eigenvalue weighted by Gasteiger charge is 2.25. The Kier molecular flexibility index (Phi) is 5.97. The zero-order valence-electron chi connectivity index (χ0n) is 15.0. The molecule has 1 atom stereocenters. The largest absolute Gasteiger partial charge is 0.480 e. The van der Waals surface area contributed by atoms with Gasteiger partial charge in [0.05, 0.1) is 0 Å². The van der Waals surface area contributed by atoms with E-state index in [9.17, 15) is 19.1 Å². The minimum Gasteiger partial charge on any atom is -0.480 e. The van der Waals surface area contributed by atoms with Crippen molar-refractivity contribution >= 4 is 12.1 Å². The van der Waals surface area contributed by atoms with Crippen LogP contribution in [0.2, 0.25) is 0 Å². The predicted molar refractivity (Wildman–Crippen MR) is 96.3 cm³/mol. The number of rotatable bonds is 5. The maximum Gasteiger partial charge on any atom is 0.408 e. The van der Waals surface area contributed by atoms with Crippen LogP contribution in [0, 0.1) is 5.82 Å². The van der Waals surface area contributed by atoms with Crippen LogP contribution in [0.3, 0.4) is 0 Å². The Morgan fingerprint density at radius 2 is 1.85 bits per heavy atom. The van der Waals surface area contributed by atoms with Crippen LogP contribution in [0.25, 0.3) is 11.1 Å². The lowest BCUT2D eigenvalue weighted by Gasteiger charge is -2.22.